The van der Waals surface area contributed by atoms with Crippen LogP contribution in [0.4, 0.5) is 0 Å². The Kier molecular flexibility index (Phi) is 1.98. The van der Waals surface area contributed by atoms with Gasteiger partial charge in [-0.15, -0.1) is 0 Å². The molecule has 2 fully saturated rings. The zero-order valence-electron chi connectivity index (χ0n) is 10.8. The summed E-state index contributed by atoms with van der Waals surface area (Å²) in [6, 6.07) is 6.96. The van der Waals surface area contributed by atoms with Crippen molar-refractivity contribution in [2.75, 3.05) is 0 Å². The van der Waals surface area contributed by atoms with E-state index in [0.29, 0.717) is 11.1 Å². The van der Waals surface area contributed by atoms with Crippen molar-refractivity contribution in [2.45, 2.75) is 37.8 Å². The quantitative estimate of drug-likeness (QED) is 0.664. The van der Waals surface area contributed by atoms with Crippen LogP contribution in [-0.4, -0.2) is 35.5 Å². The van der Waals surface area contributed by atoms with Crippen LogP contribution in [0.5, 0.6) is 0 Å². The summed E-state index contributed by atoms with van der Waals surface area (Å²) in [5.74, 6) is -0.592. The predicted molar refractivity (Wildman–Crippen MR) is 66.2 cm³/mol. The second kappa shape index (κ2) is 3.32. The molecule has 0 bridgehead atoms. The van der Waals surface area contributed by atoms with E-state index >= 15 is 0 Å². The number of fused-ring (bicyclic) bond motifs is 4. The summed E-state index contributed by atoms with van der Waals surface area (Å²) >= 11 is 0. The third-order valence-electron chi connectivity index (χ3n) is 4.34. The van der Waals surface area contributed by atoms with Crippen LogP contribution < -0.4 is 0 Å². The zero-order valence-corrected chi connectivity index (χ0v) is 10.8. The Labute approximate surface area is 110 Å². The molecule has 0 N–H and O–H groups in total. The Morgan fingerprint density at radius 2 is 1.68 bits per heavy atom. The van der Waals surface area contributed by atoms with Crippen molar-refractivity contribution in [1.29, 1.82) is 0 Å². The minimum Gasteiger partial charge on any atom is -0.366 e. The van der Waals surface area contributed by atoms with E-state index in [0.717, 1.165) is 0 Å². The highest BCUT2D eigenvalue weighted by molar-refractivity contribution is 6.17. The number of carbonyl (C=O) groups excluding carboxylic acids is 2. The number of hydrogen-bond acceptors (Lipinski definition) is 4. The van der Waals surface area contributed by atoms with Crippen molar-refractivity contribution in [3.05, 3.63) is 35.4 Å². The molecule has 2 aliphatic heterocycles. The fourth-order valence-electron chi connectivity index (χ4n) is 3.35. The molecule has 19 heavy (non-hydrogen) atoms. The Hall–Kier alpha value is -1.52. The van der Waals surface area contributed by atoms with Crippen molar-refractivity contribution in [1.82, 2.24) is 0 Å². The van der Waals surface area contributed by atoms with Crippen LogP contribution in [0.1, 0.15) is 34.6 Å². The lowest BCUT2D eigenvalue weighted by atomic mass is 9.74. The monoisotopic (exact) mass is 258 g/mol. The van der Waals surface area contributed by atoms with Gasteiger partial charge in [0.1, 0.15) is 18.3 Å². The molecule has 1 aliphatic carbocycles. The molecule has 0 spiro atoms. The second-order valence-corrected chi connectivity index (χ2v) is 5.96. The standard InChI is InChI=1S/C15H14O4/c1-15(2)14-13(18-14)9-10(16)7-5-3-4-6-8(7)11(17)12(9)19-15/h3-6,9,12-14H,1-2H3. The molecule has 98 valence electrons. The first-order chi connectivity index (χ1) is 9.00. The summed E-state index contributed by atoms with van der Waals surface area (Å²) in [6.45, 7) is 3.82. The highest BCUT2D eigenvalue weighted by atomic mass is 16.6. The van der Waals surface area contributed by atoms with Crippen LogP contribution in [0.15, 0.2) is 24.3 Å². The highest BCUT2D eigenvalue weighted by Crippen LogP contribution is 2.49. The maximum Gasteiger partial charge on any atom is 0.193 e. The van der Waals surface area contributed by atoms with Crippen LogP contribution in [0.25, 0.3) is 0 Å². The molecular weight excluding hydrogens is 244 g/mol. The normalized spacial score (nSPS) is 38.2. The van der Waals surface area contributed by atoms with Gasteiger partial charge in [0.15, 0.2) is 11.6 Å². The molecule has 2 heterocycles. The average molecular weight is 258 g/mol. The van der Waals surface area contributed by atoms with Crippen molar-refractivity contribution in [2.24, 2.45) is 5.92 Å². The maximum absolute atomic E-state index is 12.5. The fraction of sp³-hybridized carbons (Fsp3) is 0.467. The van der Waals surface area contributed by atoms with Crippen LogP contribution >= 0.6 is 0 Å². The summed E-state index contributed by atoms with van der Waals surface area (Å²) in [6.07, 6.45) is -0.935. The van der Waals surface area contributed by atoms with Crippen molar-refractivity contribution < 1.29 is 19.1 Å². The van der Waals surface area contributed by atoms with Gasteiger partial charge in [0, 0.05) is 11.1 Å². The van der Waals surface area contributed by atoms with Gasteiger partial charge in [-0.3, -0.25) is 9.59 Å². The highest BCUT2D eigenvalue weighted by Gasteiger charge is 2.65. The van der Waals surface area contributed by atoms with Gasteiger partial charge in [0.2, 0.25) is 0 Å². The topological polar surface area (TPSA) is 55.9 Å². The second-order valence-electron chi connectivity index (χ2n) is 5.96. The Balaban J connectivity index is 1.85. The largest absolute Gasteiger partial charge is 0.366 e. The van der Waals surface area contributed by atoms with E-state index in [1.54, 1.807) is 24.3 Å². The minimum absolute atomic E-state index is 0.0248. The third-order valence-corrected chi connectivity index (χ3v) is 4.34. The van der Waals surface area contributed by atoms with Gasteiger partial charge in [-0.05, 0) is 13.8 Å². The lowest BCUT2D eigenvalue weighted by molar-refractivity contribution is -0.0952. The summed E-state index contributed by atoms with van der Waals surface area (Å²) in [5.41, 5.74) is 0.476. The SMILES string of the molecule is CC1(C)OC2C(=O)c3ccccc3C(=O)C2C2OC21. The molecule has 2 saturated heterocycles. The maximum atomic E-state index is 12.5. The first-order valence-corrected chi connectivity index (χ1v) is 6.51. The molecule has 0 amide bonds. The third kappa shape index (κ3) is 1.36. The summed E-state index contributed by atoms with van der Waals surface area (Å²) in [4.78, 5) is 25.0. The molecule has 4 nitrogen and oxygen atoms in total. The molecule has 3 aliphatic rings. The Morgan fingerprint density at radius 3 is 2.37 bits per heavy atom. The van der Waals surface area contributed by atoms with Crippen molar-refractivity contribution in [3.8, 4) is 0 Å². The number of carbonyl (C=O) groups is 2. The molecule has 0 saturated carbocycles. The molecule has 4 heteroatoms. The number of hydrogen-bond donors (Lipinski definition) is 0. The number of rotatable bonds is 0. The van der Waals surface area contributed by atoms with E-state index in [9.17, 15) is 9.59 Å². The van der Waals surface area contributed by atoms with E-state index in [-0.39, 0.29) is 23.8 Å². The Morgan fingerprint density at radius 1 is 1.05 bits per heavy atom. The zero-order chi connectivity index (χ0) is 13.4. The number of ether oxygens (including phenoxy) is 2. The van der Waals surface area contributed by atoms with Gasteiger partial charge in [0.25, 0.3) is 0 Å². The first-order valence-electron chi connectivity index (χ1n) is 6.51. The minimum atomic E-state index is -0.693. The lowest BCUT2D eigenvalue weighted by Crippen LogP contribution is -2.55. The summed E-state index contributed by atoms with van der Waals surface area (Å²) in [5, 5.41) is 0. The van der Waals surface area contributed by atoms with Gasteiger partial charge in [-0.1, -0.05) is 24.3 Å². The lowest BCUT2D eigenvalue weighted by Gasteiger charge is -2.39. The number of ketones is 2. The van der Waals surface area contributed by atoms with Gasteiger partial charge in [-0.25, -0.2) is 0 Å². The van der Waals surface area contributed by atoms with Crippen molar-refractivity contribution >= 4 is 11.6 Å². The van der Waals surface area contributed by atoms with Crippen LogP contribution in [-0.2, 0) is 9.47 Å². The van der Waals surface area contributed by atoms with E-state index in [1.165, 1.54) is 0 Å². The average Bonchev–Trinajstić information content (AvgIpc) is 3.16. The van der Waals surface area contributed by atoms with Crippen LogP contribution in [0.2, 0.25) is 0 Å². The predicted octanol–water partition coefficient (Wildman–Crippen LogP) is 1.63. The van der Waals surface area contributed by atoms with Gasteiger partial charge in [-0.2, -0.15) is 0 Å². The van der Waals surface area contributed by atoms with E-state index in [1.807, 2.05) is 13.8 Å². The van der Waals surface area contributed by atoms with Crippen LogP contribution in [0, 0.1) is 5.92 Å². The number of benzene rings is 1. The van der Waals surface area contributed by atoms with Crippen molar-refractivity contribution in [3.63, 3.8) is 0 Å². The molecule has 4 unspecified atom stereocenters. The molecule has 0 aromatic heterocycles. The van der Waals surface area contributed by atoms with Gasteiger partial charge in [0.05, 0.1) is 11.5 Å². The fourth-order valence-corrected chi connectivity index (χ4v) is 3.35. The van der Waals surface area contributed by atoms with Crippen LogP contribution in [0.3, 0.4) is 0 Å². The van der Waals surface area contributed by atoms with E-state index in [4.69, 9.17) is 9.47 Å². The first kappa shape index (κ1) is 11.3. The molecular formula is C15H14O4. The van der Waals surface area contributed by atoms with Gasteiger partial charge >= 0.3 is 0 Å². The smallest absolute Gasteiger partial charge is 0.193 e. The molecule has 1 aromatic rings. The van der Waals surface area contributed by atoms with Gasteiger partial charge < -0.3 is 9.47 Å². The number of Topliss-reactive ketones (excluding diaryl/α,β-unsaturated/α-hetero) is 2. The molecule has 1 aromatic carbocycles. The number of epoxide rings is 1. The summed E-state index contributed by atoms with van der Waals surface area (Å²) in [7, 11) is 0. The molecule has 0 radical (unpaired) electrons. The molecule has 4 atom stereocenters. The van der Waals surface area contributed by atoms with E-state index in [2.05, 4.69) is 0 Å². The van der Waals surface area contributed by atoms with E-state index < -0.39 is 17.6 Å². The Bertz CT molecular complexity index is 604. The molecule has 4 rings (SSSR count). The summed E-state index contributed by atoms with van der Waals surface area (Å²) < 4.78 is 11.5.